The first-order valence-electron chi connectivity index (χ1n) is 5.29. The number of thioether (sulfide) groups is 1. The molecule has 1 N–H and O–H groups in total. The first-order chi connectivity index (χ1) is 8.24. The van der Waals surface area contributed by atoms with Crippen LogP contribution >= 0.6 is 39.0 Å². The van der Waals surface area contributed by atoms with Crippen molar-refractivity contribution < 1.29 is 0 Å². The van der Waals surface area contributed by atoms with Crippen molar-refractivity contribution in [3.05, 3.63) is 33.2 Å². The molecule has 17 heavy (non-hydrogen) atoms. The van der Waals surface area contributed by atoms with Gasteiger partial charge < -0.3 is 5.32 Å². The van der Waals surface area contributed by atoms with Crippen LogP contribution in [-0.4, -0.2) is 22.1 Å². The van der Waals surface area contributed by atoms with E-state index in [9.17, 15) is 0 Å². The van der Waals surface area contributed by atoms with E-state index in [-0.39, 0.29) is 0 Å². The Kier molecular flexibility index (Phi) is 5.09. The monoisotopic (exact) mass is 331 g/mol. The van der Waals surface area contributed by atoms with Gasteiger partial charge in [0.1, 0.15) is 0 Å². The molecule has 6 heteroatoms. The molecule has 0 fully saturated rings. The molecule has 0 radical (unpaired) electrons. The third kappa shape index (κ3) is 4.46. The summed E-state index contributed by atoms with van der Waals surface area (Å²) in [6.07, 6.45) is 3.95. The van der Waals surface area contributed by atoms with Gasteiger partial charge in [-0.3, -0.25) is 4.68 Å². The predicted molar refractivity (Wildman–Crippen MR) is 77.7 cm³/mol. The number of hydrogen-bond donors (Lipinski definition) is 1. The maximum atomic E-state index is 4.14. The molecule has 3 nitrogen and oxygen atoms in total. The molecule has 0 amide bonds. The molecule has 0 saturated heterocycles. The Morgan fingerprint density at radius 3 is 3.12 bits per heavy atom. The predicted octanol–water partition coefficient (Wildman–Crippen LogP) is 3.13. The fourth-order valence-corrected chi connectivity index (χ4v) is 3.62. The van der Waals surface area contributed by atoms with Crippen LogP contribution in [0.2, 0.25) is 0 Å². The van der Waals surface area contributed by atoms with E-state index in [0.29, 0.717) is 0 Å². The van der Waals surface area contributed by atoms with E-state index in [1.807, 2.05) is 35.9 Å². The third-order valence-electron chi connectivity index (χ3n) is 2.15. The van der Waals surface area contributed by atoms with Crippen LogP contribution in [0.3, 0.4) is 0 Å². The summed E-state index contributed by atoms with van der Waals surface area (Å²) in [5, 5.41) is 9.68. The lowest BCUT2D eigenvalue weighted by molar-refractivity contribution is 0.741. The Hall–Kier alpha value is -0.300. The van der Waals surface area contributed by atoms with Crippen LogP contribution in [-0.2, 0) is 13.6 Å². The molecule has 2 aromatic heterocycles. The van der Waals surface area contributed by atoms with Crippen molar-refractivity contribution in [2.24, 2.45) is 7.05 Å². The average Bonchev–Trinajstić information content (AvgIpc) is 2.88. The smallest absolute Gasteiger partial charge is 0.0625 e. The second kappa shape index (κ2) is 6.58. The van der Waals surface area contributed by atoms with Gasteiger partial charge in [-0.25, -0.2) is 0 Å². The van der Waals surface area contributed by atoms with Gasteiger partial charge in [-0.05, 0) is 22.0 Å². The number of nitrogens with zero attached hydrogens (tertiary/aromatic N) is 2. The topological polar surface area (TPSA) is 29.9 Å². The highest BCUT2D eigenvalue weighted by Gasteiger charge is 1.98. The fourth-order valence-electron chi connectivity index (χ4n) is 1.37. The minimum atomic E-state index is 0.948. The van der Waals surface area contributed by atoms with Crippen molar-refractivity contribution in [2.75, 3.05) is 12.3 Å². The Morgan fingerprint density at radius 1 is 1.59 bits per heavy atom. The van der Waals surface area contributed by atoms with E-state index >= 15 is 0 Å². The first kappa shape index (κ1) is 13.1. The Morgan fingerprint density at radius 2 is 2.47 bits per heavy atom. The largest absolute Gasteiger partial charge is 0.311 e. The molecule has 92 valence electrons. The van der Waals surface area contributed by atoms with Crippen LogP contribution in [0.1, 0.15) is 4.88 Å². The summed E-state index contributed by atoms with van der Waals surface area (Å²) in [7, 11) is 1.94. The molecule has 0 aliphatic heterocycles. The first-order valence-corrected chi connectivity index (χ1v) is 7.95. The number of aromatic nitrogens is 2. The number of rotatable bonds is 6. The second-order valence-electron chi connectivity index (χ2n) is 3.61. The number of nitrogens with one attached hydrogen (secondary N) is 1. The highest BCUT2D eigenvalue weighted by atomic mass is 79.9. The van der Waals surface area contributed by atoms with Gasteiger partial charge in [-0.2, -0.15) is 5.10 Å². The summed E-state index contributed by atoms with van der Waals surface area (Å²) in [5.74, 6) is 1.07. The molecule has 0 aliphatic carbocycles. The van der Waals surface area contributed by atoms with Crippen LogP contribution in [0.4, 0.5) is 0 Å². The number of aryl methyl sites for hydroxylation is 1. The third-order valence-corrected chi connectivity index (χ3v) is 4.80. The zero-order valence-corrected chi connectivity index (χ0v) is 12.7. The lowest BCUT2D eigenvalue weighted by atomic mass is 10.4. The Labute approximate surface area is 118 Å². The number of hydrogen-bond acceptors (Lipinski definition) is 4. The summed E-state index contributed by atoms with van der Waals surface area (Å²) in [5.41, 5.74) is 0. The second-order valence-corrected chi connectivity index (χ2v) is 6.69. The van der Waals surface area contributed by atoms with Crippen molar-refractivity contribution in [1.82, 2.24) is 15.1 Å². The maximum Gasteiger partial charge on any atom is 0.0625 e. The SMILES string of the molecule is Cn1cc(SCCNCc2cc(Br)cs2)cn1. The van der Waals surface area contributed by atoms with Crippen molar-refractivity contribution in [3.63, 3.8) is 0 Å². The summed E-state index contributed by atoms with van der Waals surface area (Å²) in [6, 6.07) is 2.16. The lowest BCUT2D eigenvalue weighted by Gasteiger charge is -2.01. The zero-order chi connectivity index (χ0) is 12.1. The van der Waals surface area contributed by atoms with Gasteiger partial charge in [0, 0.05) is 51.7 Å². The molecular formula is C11H14BrN3S2. The minimum absolute atomic E-state index is 0.948. The van der Waals surface area contributed by atoms with Gasteiger partial charge in [0.2, 0.25) is 0 Å². The van der Waals surface area contributed by atoms with Crippen molar-refractivity contribution in [1.29, 1.82) is 0 Å². The standard InChI is InChI=1S/C11H14BrN3S2/c1-15-7-11(6-14-15)16-3-2-13-5-10-4-9(12)8-17-10/h4,6-8,13H,2-3,5H2,1H3. The maximum absolute atomic E-state index is 4.14. The molecule has 2 heterocycles. The van der Waals surface area contributed by atoms with Crippen LogP contribution in [0.25, 0.3) is 0 Å². The van der Waals surface area contributed by atoms with E-state index in [2.05, 4.69) is 37.8 Å². The molecular weight excluding hydrogens is 318 g/mol. The molecule has 0 unspecified atom stereocenters. The molecule has 0 spiro atoms. The normalized spacial score (nSPS) is 10.9. The van der Waals surface area contributed by atoms with E-state index in [4.69, 9.17) is 0 Å². The van der Waals surface area contributed by atoms with Gasteiger partial charge in [0.15, 0.2) is 0 Å². The molecule has 0 aromatic carbocycles. The fraction of sp³-hybridized carbons (Fsp3) is 0.364. The van der Waals surface area contributed by atoms with Gasteiger partial charge >= 0.3 is 0 Å². The average molecular weight is 332 g/mol. The zero-order valence-electron chi connectivity index (χ0n) is 9.52. The molecule has 2 rings (SSSR count). The van der Waals surface area contributed by atoms with Crippen molar-refractivity contribution in [3.8, 4) is 0 Å². The molecule has 0 atom stereocenters. The van der Waals surface area contributed by atoms with Gasteiger partial charge in [-0.1, -0.05) is 0 Å². The Bertz CT molecular complexity index is 424. The summed E-state index contributed by atoms with van der Waals surface area (Å²) in [4.78, 5) is 2.59. The highest BCUT2D eigenvalue weighted by molar-refractivity contribution is 9.10. The summed E-state index contributed by atoms with van der Waals surface area (Å²) in [6.45, 7) is 1.96. The lowest BCUT2D eigenvalue weighted by Crippen LogP contribution is -2.15. The molecule has 0 saturated carbocycles. The van der Waals surface area contributed by atoms with E-state index in [1.54, 1.807) is 11.3 Å². The summed E-state index contributed by atoms with van der Waals surface area (Å²) < 4.78 is 3.00. The van der Waals surface area contributed by atoms with Crippen molar-refractivity contribution in [2.45, 2.75) is 11.4 Å². The minimum Gasteiger partial charge on any atom is -0.311 e. The summed E-state index contributed by atoms with van der Waals surface area (Å²) >= 11 is 7.06. The molecule has 2 aromatic rings. The van der Waals surface area contributed by atoms with Crippen LogP contribution in [0, 0.1) is 0 Å². The molecule has 0 bridgehead atoms. The van der Waals surface area contributed by atoms with Crippen LogP contribution < -0.4 is 5.32 Å². The van der Waals surface area contributed by atoms with Crippen LogP contribution in [0.5, 0.6) is 0 Å². The van der Waals surface area contributed by atoms with E-state index in [1.165, 1.54) is 14.2 Å². The number of halogens is 1. The Balaban J connectivity index is 1.60. The van der Waals surface area contributed by atoms with Gasteiger partial charge in [0.25, 0.3) is 0 Å². The molecule has 0 aliphatic rings. The van der Waals surface area contributed by atoms with E-state index in [0.717, 1.165) is 18.8 Å². The number of thiophene rings is 1. The van der Waals surface area contributed by atoms with Crippen molar-refractivity contribution >= 4 is 39.0 Å². The van der Waals surface area contributed by atoms with Crippen LogP contribution in [0.15, 0.2) is 33.2 Å². The van der Waals surface area contributed by atoms with Gasteiger partial charge in [0.05, 0.1) is 6.20 Å². The van der Waals surface area contributed by atoms with E-state index < -0.39 is 0 Å². The highest BCUT2D eigenvalue weighted by Crippen LogP contribution is 2.19. The van der Waals surface area contributed by atoms with Gasteiger partial charge in [-0.15, -0.1) is 23.1 Å². The quantitative estimate of drug-likeness (QED) is 0.651.